The lowest BCUT2D eigenvalue weighted by atomic mass is 9.64. The maximum absolute atomic E-state index is 13.4. The zero-order valence-electron chi connectivity index (χ0n) is 14.4. The molecular formula is C20H18BrN3O3. The van der Waals surface area contributed by atoms with Gasteiger partial charge in [-0.2, -0.15) is 0 Å². The van der Waals surface area contributed by atoms with Crippen LogP contribution in [0.5, 0.6) is 0 Å². The summed E-state index contributed by atoms with van der Waals surface area (Å²) in [5.74, 6) is 2.38. The van der Waals surface area contributed by atoms with E-state index in [0.717, 1.165) is 12.8 Å². The van der Waals surface area contributed by atoms with Gasteiger partial charge in [0.15, 0.2) is 0 Å². The van der Waals surface area contributed by atoms with Crippen LogP contribution in [0.15, 0.2) is 39.9 Å². The van der Waals surface area contributed by atoms with E-state index >= 15 is 0 Å². The van der Waals surface area contributed by atoms with Crippen molar-refractivity contribution in [2.75, 3.05) is 0 Å². The third-order valence-corrected chi connectivity index (χ3v) is 10.2. The molecule has 0 radical (unpaired) electrons. The molecule has 3 heterocycles. The van der Waals surface area contributed by atoms with E-state index < -0.39 is 0 Å². The first-order valence-electron chi connectivity index (χ1n) is 9.89. The SMILES string of the molecule is O=c1n(-c2ccccc2)c(=O)n2n1C1C3C4C3C3C15C[C@@H](O)[C@H](Br)CC35C42. The van der Waals surface area contributed by atoms with E-state index in [-0.39, 0.29) is 45.2 Å². The van der Waals surface area contributed by atoms with E-state index in [9.17, 15) is 14.7 Å². The fourth-order valence-corrected chi connectivity index (χ4v) is 9.72. The number of aliphatic hydroxyl groups is 1. The minimum absolute atomic E-state index is 0.0462. The van der Waals surface area contributed by atoms with Gasteiger partial charge in [-0.25, -0.2) is 23.5 Å². The Morgan fingerprint density at radius 2 is 1.52 bits per heavy atom. The number of alkyl halides is 1. The second-order valence-electron chi connectivity index (χ2n) is 9.60. The molecule has 5 fully saturated rings. The van der Waals surface area contributed by atoms with Crippen molar-refractivity contribution in [3.05, 3.63) is 51.3 Å². The molecule has 7 aliphatic rings. The molecular weight excluding hydrogens is 410 g/mol. The molecule has 0 saturated heterocycles. The highest BCUT2D eigenvalue weighted by Gasteiger charge is 3.03. The normalized spacial score (nSPS) is 53.9. The number of aromatic nitrogens is 3. The summed E-state index contributed by atoms with van der Waals surface area (Å²) in [5, 5.41) is 10.6. The number of halogens is 1. The minimum Gasteiger partial charge on any atom is -0.392 e. The van der Waals surface area contributed by atoms with Crippen LogP contribution in [-0.4, -0.2) is 30.0 Å². The van der Waals surface area contributed by atoms with Gasteiger partial charge < -0.3 is 5.11 Å². The molecule has 10 atom stereocenters. The molecule has 138 valence electrons. The van der Waals surface area contributed by atoms with Crippen molar-refractivity contribution >= 4 is 15.9 Å². The van der Waals surface area contributed by atoms with Crippen molar-refractivity contribution < 1.29 is 5.11 Å². The van der Waals surface area contributed by atoms with Crippen LogP contribution >= 0.6 is 15.9 Å². The summed E-state index contributed by atoms with van der Waals surface area (Å²) in [6, 6.07) is 9.50. The second-order valence-corrected chi connectivity index (χ2v) is 10.8. The molecule has 9 rings (SSSR count). The van der Waals surface area contributed by atoms with Crippen molar-refractivity contribution in [3.63, 3.8) is 0 Å². The molecule has 27 heavy (non-hydrogen) atoms. The number of rotatable bonds is 1. The minimum atomic E-state index is -0.356. The van der Waals surface area contributed by atoms with Gasteiger partial charge in [-0.1, -0.05) is 34.1 Å². The van der Waals surface area contributed by atoms with Crippen LogP contribution in [0.2, 0.25) is 0 Å². The van der Waals surface area contributed by atoms with E-state index in [1.807, 2.05) is 39.7 Å². The maximum atomic E-state index is 13.4. The van der Waals surface area contributed by atoms with E-state index in [4.69, 9.17) is 0 Å². The lowest BCUT2D eigenvalue weighted by molar-refractivity contribution is -0.0543. The summed E-state index contributed by atoms with van der Waals surface area (Å²) < 4.78 is 5.00. The van der Waals surface area contributed by atoms with Gasteiger partial charge in [-0.05, 0) is 48.6 Å². The van der Waals surface area contributed by atoms with E-state index in [0.29, 0.717) is 29.4 Å². The van der Waals surface area contributed by atoms with E-state index in [1.54, 1.807) is 0 Å². The lowest BCUT2D eigenvalue weighted by Gasteiger charge is -2.52. The summed E-state index contributed by atoms with van der Waals surface area (Å²) in [4.78, 5) is 26.9. The smallest absolute Gasteiger partial charge is 0.352 e. The van der Waals surface area contributed by atoms with Crippen LogP contribution in [0.1, 0.15) is 24.9 Å². The summed E-state index contributed by atoms with van der Waals surface area (Å²) in [5.41, 5.74) is 0.431. The monoisotopic (exact) mass is 427 g/mol. The Morgan fingerprint density at radius 3 is 2.15 bits per heavy atom. The first kappa shape index (κ1) is 14.4. The predicted molar refractivity (Wildman–Crippen MR) is 99.1 cm³/mol. The third kappa shape index (κ3) is 1.10. The quantitative estimate of drug-likeness (QED) is 0.697. The molecule has 2 aliphatic heterocycles. The van der Waals surface area contributed by atoms with Gasteiger partial charge in [0.25, 0.3) is 0 Å². The molecule has 7 heteroatoms. The number of para-hydroxylation sites is 1. The first-order valence-corrected chi connectivity index (χ1v) is 10.8. The van der Waals surface area contributed by atoms with Gasteiger partial charge in [0, 0.05) is 15.7 Å². The topological polar surface area (TPSA) is 69.2 Å². The second kappa shape index (κ2) is 3.79. The van der Waals surface area contributed by atoms with E-state index in [1.165, 1.54) is 4.57 Å². The Balaban J connectivity index is 1.44. The van der Waals surface area contributed by atoms with E-state index in [2.05, 4.69) is 15.9 Å². The number of hydrogen-bond acceptors (Lipinski definition) is 3. The molecule has 2 bridgehead atoms. The average molecular weight is 428 g/mol. The zero-order valence-corrected chi connectivity index (χ0v) is 16.0. The fourth-order valence-electron chi connectivity index (χ4n) is 8.99. The summed E-state index contributed by atoms with van der Waals surface area (Å²) in [6.45, 7) is 0. The fraction of sp³-hybridized carbons (Fsp3) is 0.600. The molecule has 2 spiro atoms. The van der Waals surface area contributed by atoms with Crippen molar-refractivity contribution in [3.8, 4) is 5.69 Å². The van der Waals surface area contributed by atoms with Crippen molar-refractivity contribution in [2.24, 2.45) is 34.5 Å². The van der Waals surface area contributed by atoms with Crippen LogP contribution in [0.3, 0.4) is 0 Å². The largest absolute Gasteiger partial charge is 0.392 e. The number of aliphatic hydroxyl groups excluding tert-OH is 1. The molecule has 1 aromatic heterocycles. The average Bonchev–Trinajstić information content (AvgIpc) is 3.40. The highest BCUT2D eigenvalue weighted by molar-refractivity contribution is 9.09. The molecule has 5 saturated carbocycles. The first-order chi connectivity index (χ1) is 13.1. The summed E-state index contributed by atoms with van der Waals surface area (Å²) in [7, 11) is 0. The molecule has 6 nitrogen and oxygen atoms in total. The Kier molecular flexibility index (Phi) is 2.02. The third-order valence-electron chi connectivity index (χ3n) is 9.30. The van der Waals surface area contributed by atoms with Gasteiger partial charge in [0.2, 0.25) is 0 Å². The number of benzene rings is 1. The molecule has 5 aliphatic carbocycles. The van der Waals surface area contributed by atoms with Crippen LogP contribution in [-0.2, 0) is 0 Å². The van der Waals surface area contributed by atoms with Gasteiger partial charge >= 0.3 is 11.4 Å². The Bertz CT molecular complexity index is 1110. The highest BCUT2D eigenvalue weighted by atomic mass is 79.9. The Hall–Kier alpha value is -1.60. The maximum Gasteiger partial charge on any atom is 0.352 e. The highest BCUT2D eigenvalue weighted by Crippen LogP contribution is 3.04. The molecule has 2 aromatic rings. The van der Waals surface area contributed by atoms with Gasteiger partial charge in [0.1, 0.15) is 0 Å². The predicted octanol–water partition coefficient (Wildman–Crippen LogP) is 1.31. The van der Waals surface area contributed by atoms with Crippen molar-refractivity contribution in [1.29, 1.82) is 0 Å². The van der Waals surface area contributed by atoms with Crippen LogP contribution in [0.4, 0.5) is 0 Å². The molecule has 8 unspecified atom stereocenters. The molecule has 0 amide bonds. The van der Waals surface area contributed by atoms with Gasteiger partial charge in [-0.3, -0.25) is 0 Å². The Morgan fingerprint density at radius 1 is 0.926 bits per heavy atom. The lowest BCUT2D eigenvalue weighted by Crippen LogP contribution is -2.56. The standard InChI is InChI=1S/C20H18BrN3O3/c21-9-6-19-14-11-12-13(11)16(20(14,19)7-10(9)25)24-18(27)22(8-4-2-1-3-5-8)17(26)23(24)15(12)19/h1-5,9-16,25H,6-7H2/t9-,10-,11?,12?,13?,14?,15?,16?,19?,20?/m1/s1. The summed E-state index contributed by atoms with van der Waals surface area (Å²) >= 11 is 3.70. The zero-order chi connectivity index (χ0) is 18.0. The van der Waals surface area contributed by atoms with Crippen LogP contribution in [0, 0.1) is 34.5 Å². The van der Waals surface area contributed by atoms with Crippen molar-refractivity contribution in [2.45, 2.75) is 35.9 Å². The van der Waals surface area contributed by atoms with Crippen molar-refractivity contribution in [1.82, 2.24) is 13.9 Å². The number of hydrogen-bond donors (Lipinski definition) is 1. The Labute approximate surface area is 162 Å². The van der Waals surface area contributed by atoms with Gasteiger partial charge in [-0.15, -0.1) is 0 Å². The molecule has 1 aromatic carbocycles. The summed E-state index contributed by atoms with van der Waals surface area (Å²) in [6.07, 6.45) is 1.34. The van der Waals surface area contributed by atoms with Crippen LogP contribution < -0.4 is 11.4 Å². The number of nitrogens with zero attached hydrogens (tertiary/aromatic N) is 3. The van der Waals surface area contributed by atoms with Crippen LogP contribution in [0.25, 0.3) is 5.69 Å². The van der Waals surface area contributed by atoms with Gasteiger partial charge in [0.05, 0.1) is 23.9 Å². The molecule has 1 N–H and O–H groups in total.